The van der Waals surface area contributed by atoms with Gasteiger partial charge in [0.1, 0.15) is 6.10 Å². The van der Waals surface area contributed by atoms with Crippen LogP contribution in [0.15, 0.2) is 16.8 Å². The Kier molecular flexibility index (Phi) is 2.92. The van der Waals surface area contributed by atoms with Crippen LogP contribution in [-0.2, 0) is 9.53 Å². The lowest BCUT2D eigenvalue weighted by Crippen LogP contribution is -2.52. The van der Waals surface area contributed by atoms with Crippen LogP contribution in [0.2, 0.25) is 0 Å². The summed E-state index contributed by atoms with van der Waals surface area (Å²) in [5.41, 5.74) is 6.59. The van der Waals surface area contributed by atoms with Gasteiger partial charge in [-0.2, -0.15) is 11.3 Å². The molecule has 1 aliphatic carbocycles. The third-order valence-corrected chi connectivity index (χ3v) is 4.38. The average molecular weight is 266 g/mol. The zero-order chi connectivity index (χ0) is 12.8. The van der Waals surface area contributed by atoms with Crippen molar-refractivity contribution in [3.05, 3.63) is 22.4 Å². The average Bonchev–Trinajstić information content (AvgIpc) is 2.91. The van der Waals surface area contributed by atoms with Gasteiger partial charge in [0, 0.05) is 6.54 Å². The highest BCUT2D eigenvalue weighted by atomic mass is 32.1. The molecule has 1 aromatic rings. The fourth-order valence-electron chi connectivity index (χ4n) is 2.42. The number of morpholine rings is 1. The Bertz CT molecular complexity index is 442. The second kappa shape index (κ2) is 4.33. The number of hydrogen-bond acceptors (Lipinski definition) is 4. The van der Waals surface area contributed by atoms with Crippen LogP contribution < -0.4 is 5.73 Å². The van der Waals surface area contributed by atoms with E-state index in [1.807, 2.05) is 17.2 Å². The van der Waals surface area contributed by atoms with Crippen molar-refractivity contribution in [2.45, 2.75) is 37.5 Å². The highest BCUT2D eigenvalue weighted by molar-refractivity contribution is 7.07. The minimum Gasteiger partial charge on any atom is -0.367 e. The molecule has 4 nitrogen and oxygen atoms in total. The number of carbonyl (C=O) groups is 1. The van der Waals surface area contributed by atoms with Crippen LogP contribution >= 0.6 is 11.3 Å². The van der Waals surface area contributed by atoms with E-state index < -0.39 is 5.54 Å². The number of thiophene rings is 1. The first kappa shape index (κ1) is 12.1. The summed E-state index contributed by atoms with van der Waals surface area (Å²) in [6.45, 7) is 3.28. The maximum atomic E-state index is 12.3. The first-order valence-corrected chi connectivity index (χ1v) is 7.28. The molecule has 2 aliphatic rings. The monoisotopic (exact) mass is 266 g/mol. The van der Waals surface area contributed by atoms with Crippen LogP contribution in [0.5, 0.6) is 0 Å². The molecule has 1 saturated heterocycles. The fourth-order valence-corrected chi connectivity index (χ4v) is 3.12. The Morgan fingerprint density at radius 3 is 2.94 bits per heavy atom. The number of ether oxygens (including phenoxy) is 1. The summed E-state index contributed by atoms with van der Waals surface area (Å²) in [5, 5.41) is 4.12. The normalized spacial score (nSPS) is 30.2. The molecule has 98 valence electrons. The molecule has 0 spiro atoms. The van der Waals surface area contributed by atoms with E-state index in [1.165, 1.54) is 0 Å². The zero-order valence-electron chi connectivity index (χ0n) is 10.5. The summed E-state index contributed by atoms with van der Waals surface area (Å²) >= 11 is 1.65. The highest BCUT2D eigenvalue weighted by Crippen LogP contribution is 2.36. The van der Waals surface area contributed by atoms with Crippen molar-refractivity contribution in [3.8, 4) is 0 Å². The van der Waals surface area contributed by atoms with Crippen LogP contribution in [0.25, 0.3) is 0 Å². The van der Waals surface area contributed by atoms with Gasteiger partial charge in [0.2, 0.25) is 5.91 Å². The van der Waals surface area contributed by atoms with Gasteiger partial charge < -0.3 is 15.4 Å². The number of carbonyl (C=O) groups excluding carboxylic acids is 1. The Morgan fingerprint density at radius 2 is 2.33 bits per heavy atom. The van der Waals surface area contributed by atoms with E-state index in [1.54, 1.807) is 11.3 Å². The SMILES string of the molecule is C[C@@H]1CN(C(=O)C2(N)CC2)C[C@H](c2ccsc2)O1. The van der Waals surface area contributed by atoms with Crippen molar-refractivity contribution >= 4 is 17.2 Å². The van der Waals surface area contributed by atoms with Gasteiger partial charge in [0.05, 0.1) is 18.2 Å². The number of hydrogen-bond donors (Lipinski definition) is 1. The van der Waals surface area contributed by atoms with E-state index in [4.69, 9.17) is 10.5 Å². The predicted octanol–water partition coefficient (Wildman–Crippen LogP) is 1.53. The van der Waals surface area contributed by atoms with E-state index in [0.717, 1.165) is 18.4 Å². The van der Waals surface area contributed by atoms with Crippen LogP contribution in [-0.4, -0.2) is 35.5 Å². The van der Waals surface area contributed by atoms with Gasteiger partial charge in [-0.3, -0.25) is 4.79 Å². The molecule has 1 amide bonds. The van der Waals surface area contributed by atoms with Crippen LogP contribution in [0.1, 0.15) is 31.4 Å². The van der Waals surface area contributed by atoms with Gasteiger partial charge in [-0.15, -0.1) is 0 Å². The third-order valence-electron chi connectivity index (χ3n) is 3.68. The van der Waals surface area contributed by atoms with Crippen molar-refractivity contribution in [2.75, 3.05) is 13.1 Å². The van der Waals surface area contributed by atoms with Crippen molar-refractivity contribution in [3.63, 3.8) is 0 Å². The van der Waals surface area contributed by atoms with Crippen molar-refractivity contribution in [2.24, 2.45) is 5.73 Å². The molecule has 0 radical (unpaired) electrons. The molecular formula is C13H18N2O2S. The van der Waals surface area contributed by atoms with Crippen LogP contribution in [0.3, 0.4) is 0 Å². The van der Waals surface area contributed by atoms with E-state index in [-0.39, 0.29) is 18.1 Å². The minimum absolute atomic E-state index is 0.00806. The molecule has 18 heavy (non-hydrogen) atoms. The minimum atomic E-state index is -0.573. The summed E-state index contributed by atoms with van der Waals surface area (Å²) in [6.07, 6.45) is 1.70. The lowest BCUT2D eigenvalue weighted by Gasteiger charge is -2.37. The quantitative estimate of drug-likeness (QED) is 0.883. The third kappa shape index (κ3) is 2.18. The van der Waals surface area contributed by atoms with E-state index >= 15 is 0 Å². The largest absolute Gasteiger partial charge is 0.367 e. The Hall–Kier alpha value is -0.910. The molecular weight excluding hydrogens is 248 g/mol. The summed E-state index contributed by atoms with van der Waals surface area (Å²) in [6, 6.07) is 2.06. The first-order valence-electron chi connectivity index (χ1n) is 6.34. The lowest BCUT2D eigenvalue weighted by atomic mass is 10.1. The summed E-state index contributed by atoms with van der Waals surface area (Å²) < 4.78 is 5.92. The van der Waals surface area contributed by atoms with Gasteiger partial charge in [-0.1, -0.05) is 0 Å². The second-order valence-corrected chi connectivity index (χ2v) is 6.14. The maximum absolute atomic E-state index is 12.3. The second-order valence-electron chi connectivity index (χ2n) is 5.36. The first-order chi connectivity index (χ1) is 8.58. The molecule has 0 unspecified atom stereocenters. The Labute approximate surface area is 111 Å². The standard InChI is InChI=1S/C13H18N2O2S/c1-9-6-15(12(16)13(14)3-4-13)7-11(17-9)10-2-5-18-8-10/h2,5,8-9,11H,3-4,6-7,14H2,1H3/t9-,11-/m1/s1. The molecule has 0 bridgehead atoms. The number of nitrogens with two attached hydrogens (primary N) is 1. The molecule has 2 fully saturated rings. The van der Waals surface area contributed by atoms with Gasteiger partial charge in [-0.05, 0) is 42.2 Å². The van der Waals surface area contributed by atoms with E-state index in [9.17, 15) is 4.79 Å². The molecule has 1 aliphatic heterocycles. The fraction of sp³-hybridized carbons (Fsp3) is 0.615. The van der Waals surface area contributed by atoms with Crippen molar-refractivity contribution < 1.29 is 9.53 Å². The number of amides is 1. The molecule has 1 aromatic heterocycles. The molecule has 2 N–H and O–H groups in total. The van der Waals surface area contributed by atoms with E-state index in [0.29, 0.717) is 13.1 Å². The summed E-state index contributed by atoms with van der Waals surface area (Å²) in [7, 11) is 0. The van der Waals surface area contributed by atoms with Crippen molar-refractivity contribution in [1.82, 2.24) is 4.90 Å². The van der Waals surface area contributed by atoms with E-state index in [2.05, 4.69) is 11.4 Å². The number of nitrogens with zero attached hydrogens (tertiary/aromatic N) is 1. The van der Waals surface area contributed by atoms with Crippen molar-refractivity contribution in [1.29, 1.82) is 0 Å². The molecule has 1 saturated carbocycles. The highest BCUT2D eigenvalue weighted by Gasteiger charge is 2.49. The smallest absolute Gasteiger partial charge is 0.242 e. The van der Waals surface area contributed by atoms with Gasteiger partial charge in [0.25, 0.3) is 0 Å². The molecule has 2 atom stereocenters. The summed E-state index contributed by atoms with van der Waals surface area (Å²) in [5.74, 6) is 0.0953. The molecule has 3 rings (SSSR count). The summed E-state index contributed by atoms with van der Waals surface area (Å²) in [4.78, 5) is 14.2. The Balaban J connectivity index is 1.74. The van der Waals surface area contributed by atoms with Gasteiger partial charge in [0.15, 0.2) is 0 Å². The molecule has 0 aromatic carbocycles. The van der Waals surface area contributed by atoms with Gasteiger partial charge in [-0.25, -0.2) is 0 Å². The molecule has 5 heteroatoms. The van der Waals surface area contributed by atoms with Gasteiger partial charge >= 0.3 is 0 Å². The predicted molar refractivity (Wildman–Crippen MR) is 70.3 cm³/mol. The molecule has 2 heterocycles. The maximum Gasteiger partial charge on any atom is 0.242 e. The topological polar surface area (TPSA) is 55.6 Å². The number of rotatable bonds is 2. The van der Waals surface area contributed by atoms with Crippen LogP contribution in [0.4, 0.5) is 0 Å². The zero-order valence-corrected chi connectivity index (χ0v) is 11.3. The Morgan fingerprint density at radius 1 is 1.56 bits per heavy atom. The van der Waals surface area contributed by atoms with Crippen LogP contribution in [0, 0.1) is 0 Å². The lowest BCUT2D eigenvalue weighted by molar-refractivity contribution is -0.147.